The Morgan fingerprint density at radius 2 is 1.93 bits per heavy atom. The average molecular weight is 400 g/mol. The maximum absolute atomic E-state index is 12.5. The van der Waals surface area contributed by atoms with Gasteiger partial charge in [-0.15, -0.1) is 5.10 Å². The number of ether oxygens (including phenoxy) is 1. The number of aromatic nitrogens is 4. The number of imide groups is 1. The second-order valence-electron chi connectivity index (χ2n) is 6.64. The van der Waals surface area contributed by atoms with Gasteiger partial charge in [0, 0.05) is 6.54 Å². The van der Waals surface area contributed by atoms with Crippen molar-refractivity contribution in [2.75, 3.05) is 13.2 Å². The first kappa shape index (κ1) is 21.7. The number of hydrogen-bond acceptors (Lipinski definition) is 7. The van der Waals surface area contributed by atoms with Crippen LogP contribution in [0.4, 0.5) is 4.79 Å². The lowest BCUT2D eigenvalue weighted by Gasteiger charge is -2.10. The Kier molecular flexibility index (Phi) is 8.01. The van der Waals surface area contributed by atoms with E-state index in [9.17, 15) is 14.4 Å². The van der Waals surface area contributed by atoms with Gasteiger partial charge in [-0.2, -0.15) is 4.68 Å². The second-order valence-corrected chi connectivity index (χ2v) is 6.64. The number of carbonyl (C=O) groups excluding carboxylic acids is 3. The molecule has 0 radical (unpaired) electrons. The van der Waals surface area contributed by atoms with Crippen LogP contribution in [0, 0.1) is 12.8 Å². The Morgan fingerprint density at radius 3 is 2.55 bits per heavy atom. The molecular formula is C19H24N6O4. The largest absolute Gasteiger partial charge is 0.451 e. The van der Waals surface area contributed by atoms with Crippen molar-refractivity contribution in [1.29, 1.82) is 0 Å². The third kappa shape index (κ3) is 7.17. The van der Waals surface area contributed by atoms with Crippen LogP contribution in [0.25, 0.3) is 11.8 Å². The van der Waals surface area contributed by atoms with Crippen LogP contribution in [0.1, 0.15) is 31.7 Å². The number of urea groups is 1. The molecule has 1 aromatic carbocycles. The van der Waals surface area contributed by atoms with Crippen molar-refractivity contribution in [2.24, 2.45) is 5.92 Å². The second kappa shape index (κ2) is 10.7. The first-order valence-electron chi connectivity index (χ1n) is 9.13. The molecule has 2 aromatic rings. The first-order chi connectivity index (χ1) is 13.9. The average Bonchev–Trinajstić information content (AvgIpc) is 3.10. The fourth-order valence-corrected chi connectivity index (χ4v) is 2.25. The molecule has 0 saturated carbocycles. The predicted octanol–water partition coefficient (Wildman–Crippen LogP) is 1.39. The quantitative estimate of drug-likeness (QED) is 0.506. The zero-order chi connectivity index (χ0) is 21.2. The summed E-state index contributed by atoms with van der Waals surface area (Å²) in [6.07, 6.45) is 2.33. The molecule has 0 aliphatic rings. The van der Waals surface area contributed by atoms with E-state index in [0.29, 0.717) is 18.3 Å². The number of nitrogens with one attached hydrogen (secondary N) is 2. The number of tetrazole rings is 1. The SMILES string of the molecule is Cc1nnnn1/C(=C\c1ccccc1)C(=O)OCC(=O)NC(=O)NCCC(C)C. The van der Waals surface area contributed by atoms with Gasteiger partial charge in [-0.25, -0.2) is 9.59 Å². The van der Waals surface area contributed by atoms with Crippen LogP contribution in [0.15, 0.2) is 30.3 Å². The molecule has 1 aromatic heterocycles. The standard InChI is InChI=1S/C19H24N6O4/c1-13(2)9-10-20-19(28)21-17(26)12-29-18(27)16(25-14(3)22-23-24-25)11-15-7-5-4-6-8-15/h4-8,11,13H,9-10,12H2,1-3H3,(H2,20,21,26,28)/b16-11-. The topological polar surface area (TPSA) is 128 Å². The minimum Gasteiger partial charge on any atom is -0.451 e. The van der Waals surface area contributed by atoms with Crippen molar-refractivity contribution in [2.45, 2.75) is 27.2 Å². The Labute approximate surface area is 168 Å². The highest BCUT2D eigenvalue weighted by Gasteiger charge is 2.19. The summed E-state index contributed by atoms with van der Waals surface area (Å²) in [6, 6.07) is 8.42. The summed E-state index contributed by atoms with van der Waals surface area (Å²) in [7, 11) is 0. The molecule has 0 spiro atoms. The van der Waals surface area contributed by atoms with Crippen LogP contribution in [0.5, 0.6) is 0 Å². The molecule has 0 fully saturated rings. The van der Waals surface area contributed by atoms with Crippen molar-refractivity contribution in [3.8, 4) is 0 Å². The van der Waals surface area contributed by atoms with E-state index >= 15 is 0 Å². The number of amides is 3. The third-order valence-corrected chi connectivity index (χ3v) is 3.76. The molecule has 10 nitrogen and oxygen atoms in total. The van der Waals surface area contributed by atoms with Crippen LogP contribution < -0.4 is 10.6 Å². The highest BCUT2D eigenvalue weighted by Crippen LogP contribution is 2.13. The molecule has 0 atom stereocenters. The van der Waals surface area contributed by atoms with Crippen molar-refractivity contribution in [3.05, 3.63) is 41.7 Å². The lowest BCUT2D eigenvalue weighted by Crippen LogP contribution is -2.42. The van der Waals surface area contributed by atoms with E-state index < -0.39 is 24.5 Å². The van der Waals surface area contributed by atoms with Crippen LogP contribution in [0.3, 0.4) is 0 Å². The van der Waals surface area contributed by atoms with E-state index in [4.69, 9.17) is 4.74 Å². The minimum atomic E-state index is -0.806. The van der Waals surface area contributed by atoms with E-state index in [1.165, 1.54) is 4.68 Å². The van der Waals surface area contributed by atoms with E-state index in [2.05, 4.69) is 26.2 Å². The monoisotopic (exact) mass is 400 g/mol. The highest BCUT2D eigenvalue weighted by molar-refractivity contribution is 6.15. The van der Waals surface area contributed by atoms with E-state index in [1.807, 2.05) is 32.0 Å². The number of aryl methyl sites for hydroxylation is 1. The molecule has 29 heavy (non-hydrogen) atoms. The normalized spacial score (nSPS) is 11.2. The van der Waals surface area contributed by atoms with Gasteiger partial charge in [-0.05, 0) is 41.3 Å². The van der Waals surface area contributed by atoms with Gasteiger partial charge >= 0.3 is 12.0 Å². The fourth-order valence-electron chi connectivity index (χ4n) is 2.25. The summed E-state index contributed by atoms with van der Waals surface area (Å²) in [5, 5.41) is 15.7. The van der Waals surface area contributed by atoms with Crippen LogP contribution in [-0.4, -0.2) is 51.3 Å². The van der Waals surface area contributed by atoms with Crippen LogP contribution in [0.2, 0.25) is 0 Å². The molecule has 2 N–H and O–H groups in total. The Balaban J connectivity index is 1.98. The summed E-state index contributed by atoms with van der Waals surface area (Å²) >= 11 is 0. The summed E-state index contributed by atoms with van der Waals surface area (Å²) in [4.78, 5) is 36.1. The van der Waals surface area contributed by atoms with Crippen molar-refractivity contribution < 1.29 is 19.1 Å². The summed E-state index contributed by atoms with van der Waals surface area (Å²) in [5.41, 5.74) is 0.760. The fraction of sp³-hybridized carbons (Fsp3) is 0.368. The summed E-state index contributed by atoms with van der Waals surface area (Å²) < 4.78 is 6.26. The Bertz CT molecular complexity index is 876. The van der Waals surface area contributed by atoms with Gasteiger partial charge in [-0.3, -0.25) is 10.1 Å². The highest BCUT2D eigenvalue weighted by atomic mass is 16.5. The van der Waals surface area contributed by atoms with Crippen molar-refractivity contribution >= 4 is 29.7 Å². The van der Waals surface area contributed by atoms with Gasteiger partial charge < -0.3 is 10.1 Å². The van der Waals surface area contributed by atoms with Gasteiger partial charge in [0.2, 0.25) is 0 Å². The van der Waals surface area contributed by atoms with Gasteiger partial charge in [0.05, 0.1) is 0 Å². The number of rotatable bonds is 8. The summed E-state index contributed by atoms with van der Waals surface area (Å²) in [6.45, 7) is 5.50. The smallest absolute Gasteiger partial charge is 0.357 e. The minimum absolute atomic E-state index is 0.0351. The van der Waals surface area contributed by atoms with E-state index in [0.717, 1.165) is 12.0 Å². The van der Waals surface area contributed by atoms with E-state index in [1.54, 1.807) is 25.1 Å². The van der Waals surface area contributed by atoms with Gasteiger partial charge in [0.25, 0.3) is 5.91 Å². The number of hydrogen-bond donors (Lipinski definition) is 2. The molecule has 0 bridgehead atoms. The van der Waals surface area contributed by atoms with Crippen molar-refractivity contribution in [3.63, 3.8) is 0 Å². The molecular weight excluding hydrogens is 376 g/mol. The maximum Gasteiger partial charge on any atom is 0.357 e. The number of nitrogens with zero attached hydrogens (tertiary/aromatic N) is 4. The first-order valence-corrected chi connectivity index (χ1v) is 9.13. The van der Waals surface area contributed by atoms with Crippen LogP contribution in [-0.2, 0) is 14.3 Å². The molecule has 0 aliphatic carbocycles. The number of esters is 1. The lowest BCUT2D eigenvalue weighted by molar-refractivity contribution is -0.142. The van der Waals surface area contributed by atoms with Gasteiger partial charge in [0.15, 0.2) is 18.1 Å². The van der Waals surface area contributed by atoms with Gasteiger partial charge in [-0.1, -0.05) is 44.2 Å². The van der Waals surface area contributed by atoms with E-state index in [-0.39, 0.29) is 5.70 Å². The molecule has 2 rings (SSSR count). The lowest BCUT2D eigenvalue weighted by atomic mass is 10.1. The van der Waals surface area contributed by atoms with Crippen LogP contribution >= 0.6 is 0 Å². The number of benzene rings is 1. The molecule has 10 heteroatoms. The zero-order valence-electron chi connectivity index (χ0n) is 16.6. The molecule has 0 saturated heterocycles. The molecule has 154 valence electrons. The molecule has 1 heterocycles. The number of carbonyl (C=O) groups is 3. The Morgan fingerprint density at radius 1 is 1.21 bits per heavy atom. The van der Waals surface area contributed by atoms with Crippen molar-refractivity contribution in [1.82, 2.24) is 30.8 Å². The summed E-state index contributed by atoms with van der Waals surface area (Å²) in [5.74, 6) is -0.748. The zero-order valence-corrected chi connectivity index (χ0v) is 16.6. The molecule has 0 unspecified atom stereocenters. The molecule has 0 aliphatic heterocycles. The predicted molar refractivity (Wildman–Crippen MR) is 105 cm³/mol. The Hall–Kier alpha value is -3.56. The third-order valence-electron chi connectivity index (χ3n) is 3.76. The molecule has 3 amide bonds. The van der Waals surface area contributed by atoms with Gasteiger partial charge in [0.1, 0.15) is 0 Å². The maximum atomic E-state index is 12.5.